The second-order valence-electron chi connectivity index (χ2n) is 7.68. The molecule has 176 valence electrons. The largest absolute Gasteiger partial charge is 0.508 e. The predicted octanol–water partition coefficient (Wildman–Crippen LogP) is 5.75. The number of benzene rings is 3. The molecule has 0 atom stereocenters. The highest BCUT2D eigenvalue weighted by Gasteiger charge is 2.40. The number of para-hydroxylation sites is 1. The number of esters is 1. The highest BCUT2D eigenvalue weighted by Crippen LogP contribution is 2.50. The fraction of sp³-hybridized carbons (Fsp3) is 0.115. The fourth-order valence-corrected chi connectivity index (χ4v) is 6.05. The van der Waals surface area contributed by atoms with Crippen molar-refractivity contribution in [2.45, 2.75) is 11.8 Å². The van der Waals surface area contributed by atoms with Crippen LogP contribution in [-0.4, -0.2) is 35.8 Å². The summed E-state index contributed by atoms with van der Waals surface area (Å²) in [6, 6.07) is 21.2. The van der Waals surface area contributed by atoms with E-state index in [1.165, 1.54) is 23.9 Å². The molecular weight excluding hydrogens is 482 g/mol. The Bertz CT molecular complexity index is 1370. The van der Waals surface area contributed by atoms with E-state index in [2.05, 4.69) is 0 Å². The number of rotatable bonds is 4. The Morgan fingerprint density at radius 3 is 2.40 bits per heavy atom. The van der Waals surface area contributed by atoms with E-state index in [1.54, 1.807) is 60.0 Å². The molecule has 1 saturated heterocycles. The molecule has 1 fully saturated rings. The van der Waals surface area contributed by atoms with Gasteiger partial charge in [-0.3, -0.25) is 9.69 Å². The molecule has 2 heterocycles. The van der Waals surface area contributed by atoms with Gasteiger partial charge in [0.05, 0.1) is 34.3 Å². The highest BCUT2D eigenvalue weighted by atomic mass is 32.2. The number of thioether (sulfide) groups is 2. The van der Waals surface area contributed by atoms with Gasteiger partial charge in [-0.25, -0.2) is 9.79 Å². The second-order valence-corrected chi connectivity index (χ2v) is 9.69. The van der Waals surface area contributed by atoms with Crippen molar-refractivity contribution in [3.63, 3.8) is 0 Å². The number of carbonyl (C=O) groups is 2. The van der Waals surface area contributed by atoms with Crippen LogP contribution in [0.15, 0.2) is 92.6 Å². The van der Waals surface area contributed by atoms with Crippen LogP contribution >= 0.6 is 23.5 Å². The van der Waals surface area contributed by atoms with E-state index < -0.39 is 5.97 Å². The van der Waals surface area contributed by atoms with Gasteiger partial charge in [-0.05, 0) is 79.3 Å². The van der Waals surface area contributed by atoms with Crippen LogP contribution in [0.2, 0.25) is 0 Å². The molecule has 0 saturated carbocycles. The Hall–Kier alpha value is -3.69. The molecule has 0 bridgehead atoms. The minimum Gasteiger partial charge on any atom is -0.508 e. The van der Waals surface area contributed by atoms with Crippen molar-refractivity contribution < 1.29 is 19.4 Å². The Labute approximate surface area is 211 Å². The van der Waals surface area contributed by atoms with Crippen molar-refractivity contribution in [2.24, 2.45) is 4.99 Å². The van der Waals surface area contributed by atoms with E-state index in [9.17, 15) is 14.7 Å². The van der Waals surface area contributed by atoms with Gasteiger partial charge in [0.25, 0.3) is 5.91 Å². The molecule has 1 amide bonds. The first-order valence-corrected chi connectivity index (χ1v) is 12.5. The number of phenolic OH excluding ortho intramolecular Hbond substituents is 1. The number of fused-ring (bicyclic) bond motifs is 1. The molecule has 3 aromatic carbocycles. The maximum absolute atomic E-state index is 13.7. The fourth-order valence-electron chi connectivity index (χ4n) is 3.70. The van der Waals surface area contributed by atoms with Crippen molar-refractivity contribution in [1.29, 1.82) is 0 Å². The third kappa shape index (κ3) is 4.40. The molecule has 0 aromatic heterocycles. The zero-order valence-electron chi connectivity index (χ0n) is 19.0. The maximum atomic E-state index is 13.7. The minimum absolute atomic E-state index is 0.112. The third-order valence-electron chi connectivity index (χ3n) is 5.43. The average Bonchev–Trinajstić information content (AvgIpc) is 3.36. The van der Waals surface area contributed by atoms with Gasteiger partial charge in [-0.2, -0.15) is 0 Å². The molecule has 0 radical (unpaired) electrons. The van der Waals surface area contributed by atoms with Crippen LogP contribution in [-0.2, 0) is 9.53 Å². The van der Waals surface area contributed by atoms with Gasteiger partial charge in [-0.15, -0.1) is 0 Å². The quantitative estimate of drug-likeness (QED) is 0.359. The summed E-state index contributed by atoms with van der Waals surface area (Å²) in [5.41, 5.74) is 2.68. The summed E-state index contributed by atoms with van der Waals surface area (Å²) >= 11 is 2.85. The standard InChI is InChI=1S/C26H21N3O4S2/c1-3-33-25(32)16-8-10-17(11-9-16)27-26-29(18-12-14-19(30)15-13-18)23(31)22(35-26)24-28(2)20-6-4-5-7-21(20)34-24/h4-15,30H,3H2,1-2H3. The zero-order valence-corrected chi connectivity index (χ0v) is 20.6. The van der Waals surface area contributed by atoms with E-state index in [0.29, 0.717) is 33.6 Å². The lowest BCUT2D eigenvalue weighted by Crippen LogP contribution is -2.29. The van der Waals surface area contributed by atoms with Gasteiger partial charge in [-0.1, -0.05) is 23.9 Å². The molecule has 9 heteroatoms. The number of hydrogen-bond donors (Lipinski definition) is 1. The zero-order chi connectivity index (χ0) is 24.5. The molecule has 2 aliphatic heterocycles. The topological polar surface area (TPSA) is 82.4 Å². The summed E-state index contributed by atoms with van der Waals surface area (Å²) in [7, 11) is 1.95. The predicted molar refractivity (Wildman–Crippen MR) is 140 cm³/mol. The number of aromatic hydroxyl groups is 1. The number of anilines is 2. The van der Waals surface area contributed by atoms with Crippen molar-refractivity contribution in [3.8, 4) is 5.75 Å². The lowest BCUT2D eigenvalue weighted by Gasteiger charge is -2.17. The Balaban J connectivity index is 1.54. The van der Waals surface area contributed by atoms with Crippen LogP contribution in [0.3, 0.4) is 0 Å². The smallest absolute Gasteiger partial charge is 0.338 e. The summed E-state index contributed by atoms with van der Waals surface area (Å²) in [5, 5.41) is 11.1. The van der Waals surface area contributed by atoms with Crippen LogP contribution in [0, 0.1) is 0 Å². The van der Waals surface area contributed by atoms with Crippen LogP contribution in [0.4, 0.5) is 17.1 Å². The maximum Gasteiger partial charge on any atom is 0.338 e. The SMILES string of the molecule is CCOC(=O)c1ccc(N=C2SC(=C3Sc4ccccc4N3C)C(=O)N2c2ccc(O)cc2)cc1. The number of aliphatic imine (C=N–C) groups is 1. The van der Waals surface area contributed by atoms with Crippen LogP contribution < -0.4 is 9.80 Å². The molecule has 0 unspecified atom stereocenters. The summed E-state index contributed by atoms with van der Waals surface area (Å²) in [4.78, 5) is 35.6. The monoisotopic (exact) mass is 503 g/mol. The van der Waals surface area contributed by atoms with Crippen molar-refractivity contribution in [2.75, 3.05) is 23.5 Å². The number of phenols is 1. The van der Waals surface area contributed by atoms with E-state index >= 15 is 0 Å². The Morgan fingerprint density at radius 1 is 1.00 bits per heavy atom. The van der Waals surface area contributed by atoms with Crippen LogP contribution in [0.5, 0.6) is 5.75 Å². The van der Waals surface area contributed by atoms with E-state index in [0.717, 1.165) is 15.6 Å². The van der Waals surface area contributed by atoms with E-state index in [4.69, 9.17) is 9.73 Å². The molecule has 1 N–H and O–H groups in total. The van der Waals surface area contributed by atoms with Crippen LogP contribution in [0.1, 0.15) is 17.3 Å². The number of carbonyl (C=O) groups excluding carboxylic acids is 2. The third-order valence-corrected chi connectivity index (χ3v) is 7.82. The molecule has 5 rings (SSSR count). The lowest BCUT2D eigenvalue weighted by molar-refractivity contribution is -0.113. The van der Waals surface area contributed by atoms with Gasteiger partial charge in [0.15, 0.2) is 5.17 Å². The first-order chi connectivity index (χ1) is 17.0. The van der Waals surface area contributed by atoms with Gasteiger partial charge in [0, 0.05) is 11.9 Å². The van der Waals surface area contributed by atoms with Gasteiger partial charge in [0.1, 0.15) is 10.7 Å². The molecule has 0 spiro atoms. The summed E-state index contributed by atoms with van der Waals surface area (Å²) < 4.78 is 5.04. The van der Waals surface area contributed by atoms with Crippen molar-refractivity contribution >= 4 is 57.6 Å². The molecule has 3 aromatic rings. The molecule has 7 nitrogen and oxygen atoms in total. The number of hydrogen-bond acceptors (Lipinski definition) is 8. The Morgan fingerprint density at radius 2 is 1.71 bits per heavy atom. The minimum atomic E-state index is -0.393. The summed E-state index contributed by atoms with van der Waals surface area (Å²) in [6.45, 7) is 2.06. The number of nitrogens with zero attached hydrogens (tertiary/aromatic N) is 3. The first kappa shape index (κ1) is 23.1. The molecule has 2 aliphatic rings. The molecular formula is C26H21N3O4S2. The van der Waals surface area contributed by atoms with Crippen LogP contribution in [0.25, 0.3) is 0 Å². The molecule has 0 aliphatic carbocycles. The normalized spacial score (nSPS) is 18.3. The van der Waals surface area contributed by atoms with E-state index in [1.807, 2.05) is 36.2 Å². The number of amides is 1. The van der Waals surface area contributed by atoms with Crippen molar-refractivity contribution in [3.05, 3.63) is 88.3 Å². The second kappa shape index (κ2) is 9.52. The van der Waals surface area contributed by atoms with E-state index in [-0.39, 0.29) is 11.7 Å². The Kier molecular flexibility index (Phi) is 6.27. The van der Waals surface area contributed by atoms with Crippen molar-refractivity contribution in [1.82, 2.24) is 0 Å². The van der Waals surface area contributed by atoms with Gasteiger partial charge < -0.3 is 14.7 Å². The van der Waals surface area contributed by atoms with Gasteiger partial charge >= 0.3 is 5.97 Å². The number of ether oxygens (including phenoxy) is 1. The summed E-state index contributed by atoms with van der Waals surface area (Å²) in [6.07, 6.45) is 0. The average molecular weight is 504 g/mol. The highest BCUT2D eigenvalue weighted by molar-refractivity contribution is 8.20. The lowest BCUT2D eigenvalue weighted by atomic mass is 10.2. The summed E-state index contributed by atoms with van der Waals surface area (Å²) in [5.74, 6) is -0.471. The van der Waals surface area contributed by atoms with Gasteiger partial charge in [0.2, 0.25) is 0 Å². The first-order valence-electron chi connectivity index (χ1n) is 10.9. The molecule has 35 heavy (non-hydrogen) atoms. The number of amidine groups is 1.